The number of methoxy groups -OCH3 is 2. The minimum atomic E-state index is -4.82. The van der Waals surface area contributed by atoms with Crippen LogP contribution >= 0.6 is 11.5 Å². The first-order valence-corrected chi connectivity index (χ1v) is 16.1. The van der Waals surface area contributed by atoms with Crippen molar-refractivity contribution in [3.63, 3.8) is 0 Å². The Bertz CT molecular complexity index is 1790. The molecule has 16 heteroatoms. The van der Waals surface area contributed by atoms with Gasteiger partial charge in [-0.2, -0.15) is 4.37 Å². The van der Waals surface area contributed by atoms with E-state index in [0.717, 1.165) is 33.8 Å². The minimum absolute atomic E-state index is 0.00792. The van der Waals surface area contributed by atoms with Gasteiger partial charge in [0, 0.05) is 48.2 Å². The number of piperidine rings is 1. The fourth-order valence-electron chi connectivity index (χ4n) is 5.34. The van der Waals surface area contributed by atoms with Crippen molar-refractivity contribution in [2.75, 3.05) is 38.2 Å². The first-order chi connectivity index (χ1) is 22.0. The summed E-state index contributed by atoms with van der Waals surface area (Å²) in [5.74, 6) is -3.64. The largest absolute Gasteiger partial charge is 0.497 e. The summed E-state index contributed by atoms with van der Waals surface area (Å²) in [5, 5.41) is 9.46. The summed E-state index contributed by atoms with van der Waals surface area (Å²) < 4.78 is 93.6. The van der Waals surface area contributed by atoms with Gasteiger partial charge < -0.3 is 24.2 Å². The third kappa shape index (κ3) is 6.97. The van der Waals surface area contributed by atoms with E-state index >= 15 is 4.39 Å². The molecule has 1 aliphatic heterocycles. The average molecular weight is 679 g/mol. The normalized spacial score (nSPS) is 16.6. The maximum absolute atomic E-state index is 16.0. The Kier molecular flexibility index (Phi) is 9.86. The number of anilines is 1. The maximum Gasteiger partial charge on any atom is 0.407 e. The van der Waals surface area contributed by atoms with E-state index in [-0.39, 0.29) is 43.0 Å². The molecule has 1 N–H and O–H groups in total. The highest BCUT2D eigenvalue weighted by Gasteiger charge is 2.36. The van der Waals surface area contributed by atoms with E-state index in [4.69, 9.17) is 14.2 Å². The van der Waals surface area contributed by atoms with Crippen molar-refractivity contribution in [3.8, 4) is 17.2 Å². The quantitative estimate of drug-likeness (QED) is 0.218. The summed E-state index contributed by atoms with van der Waals surface area (Å²) >= 11 is 0.734. The van der Waals surface area contributed by atoms with Crippen LogP contribution in [0.15, 0.2) is 65.8 Å². The summed E-state index contributed by atoms with van der Waals surface area (Å²) in [6, 6.07) is 11.7. The molecule has 0 aliphatic carbocycles. The molecule has 11 nitrogen and oxygen atoms in total. The number of nitrogens with zero attached hydrogens (tertiary/aromatic N) is 4. The molecule has 46 heavy (non-hydrogen) atoms. The van der Waals surface area contributed by atoms with Gasteiger partial charge in [0.1, 0.15) is 34.4 Å². The smallest absolute Gasteiger partial charge is 0.407 e. The van der Waals surface area contributed by atoms with Gasteiger partial charge in [0.05, 0.1) is 27.4 Å². The molecule has 2 heterocycles. The molecule has 1 aliphatic rings. The van der Waals surface area contributed by atoms with E-state index in [1.807, 2.05) is 0 Å². The molecule has 1 unspecified atom stereocenters. The minimum Gasteiger partial charge on any atom is -0.497 e. The number of halogens is 3. The fourth-order valence-corrected chi connectivity index (χ4v) is 7.56. The summed E-state index contributed by atoms with van der Waals surface area (Å²) in [4.78, 5) is 15.9. The van der Waals surface area contributed by atoms with E-state index < -0.39 is 50.1 Å². The number of carbonyl (C=O) groups is 1. The lowest BCUT2D eigenvalue weighted by Gasteiger charge is -2.37. The molecule has 1 amide bonds. The van der Waals surface area contributed by atoms with Crippen molar-refractivity contribution >= 4 is 32.8 Å². The SMILES string of the molecule is COc1ccc(CN(c2ncns2)S(=O)(=O)c2cc(F)cc(OCC3CN(C(=O)O)CC[C@@H]3c3ccc(F)cc3)c2F)c(OC)c1. The van der Waals surface area contributed by atoms with Crippen LogP contribution in [0.2, 0.25) is 0 Å². The Morgan fingerprint density at radius 1 is 1.04 bits per heavy atom. The highest BCUT2D eigenvalue weighted by Crippen LogP contribution is 2.37. The van der Waals surface area contributed by atoms with Crippen molar-refractivity contribution in [1.29, 1.82) is 0 Å². The van der Waals surface area contributed by atoms with Crippen LogP contribution < -0.4 is 18.5 Å². The maximum atomic E-state index is 16.0. The molecule has 1 aromatic heterocycles. The monoisotopic (exact) mass is 678 g/mol. The zero-order valence-corrected chi connectivity index (χ0v) is 26.2. The van der Waals surface area contributed by atoms with Crippen LogP contribution in [0, 0.1) is 23.4 Å². The van der Waals surface area contributed by atoms with Crippen LogP contribution in [0.25, 0.3) is 0 Å². The van der Waals surface area contributed by atoms with Crippen LogP contribution in [-0.4, -0.2) is 67.8 Å². The molecule has 0 spiro atoms. The van der Waals surface area contributed by atoms with Crippen molar-refractivity contribution in [2.24, 2.45) is 5.92 Å². The molecule has 244 valence electrons. The van der Waals surface area contributed by atoms with Gasteiger partial charge in [-0.3, -0.25) is 0 Å². The predicted octanol–water partition coefficient (Wildman–Crippen LogP) is 5.53. The second-order valence-corrected chi connectivity index (χ2v) is 13.0. The first-order valence-electron chi connectivity index (χ1n) is 13.9. The second-order valence-electron chi connectivity index (χ2n) is 10.4. The number of benzene rings is 3. The molecule has 1 saturated heterocycles. The zero-order chi connectivity index (χ0) is 33.0. The lowest BCUT2D eigenvalue weighted by molar-refractivity contribution is 0.0926. The number of hydrogen-bond donors (Lipinski definition) is 1. The van der Waals surface area contributed by atoms with Gasteiger partial charge in [0.25, 0.3) is 10.0 Å². The molecule has 2 atom stereocenters. The molecule has 0 radical (unpaired) electrons. The van der Waals surface area contributed by atoms with Gasteiger partial charge in [-0.1, -0.05) is 12.1 Å². The first kappa shape index (κ1) is 32.8. The van der Waals surface area contributed by atoms with E-state index in [2.05, 4.69) is 9.36 Å². The number of hydrogen-bond acceptors (Lipinski definition) is 9. The number of sulfonamides is 1. The zero-order valence-electron chi connectivity index (χ0n) is 24.6. The van der Waals surface area contributed by atoms with Crippen molar-refractivity contribution in [1.82, 2.24) is 14.3 Å². The van der Waals surface area contributed by atoms with Crippen LogP contribution in [0.5, 0.6) is 17.2 Å². The lowest BCUT2D eigenvalue weighted by atomic mass is 9.81. The Hall–Kier alpha value is -4.57. The number of aromatic nitrogens is 2. The Labute approximate surface area is 267 Å². The summed E-state index contributed by atoms with van der Waals surface area (Å²) in [6.07, 6.45) is 0.355. The third-order valence-electron chi connectivity index (χ3n) is 7.67. The van der Waals surface area contributed by atoms with Gasteiger partial charge in [0.15, 0.2) is 11.6 Å². The number of likely N-dealkylation sites (tertiary alicyclic amines) is 1. The molecule has 1 fully saturated rings. The fraction of sp³-hybridized carbons (Fsp3) is 0.300. The Balaban J connectivity index is 1.47. The van der Waals surface area contributed by atoms with E-state index in [1.54, 1.807) is 30.3 Å². The van der Waals surface area contributed by atoms with Gasteiger partial charge in [-0.15, -0.1) is 0 Å². The van der Waals surface area contributed by atoms with Crippen molar-refractivity contribution < 1.29 is 45.7 Å². The molecular weight excluding hydrogens is 649 g/mol. The van der Waals surface area contributed by atoms with Gasteiger partial charge in [-0.25, -0.2) is 35.7 Å². The van der Waals surface area contributed by atoms with Gasteiger partial charge in [0.2, 0.25) is 5.13 Å². The lowest BCUT2D eigenvalue weighted by Crippen LogP contribution is -2.44. The molecule has 0 bridgehead atoms. The van der Waals surface area contributed by atoms with Crippen LogP contribution in [0.3, 0.4) is 0 Å². The highest BCUT2D eigenvalue weighted by atomic mass is 32.2. The Morgan fingerprint density at radius 2 is 1.80 bits per heavy atom. The third-order valence-corrected chi connectivity index (χ3v) is 10.2. The number of rotatable bonds is 11. The molecular formula is C30H29F3N4O7S2. The summed E-state index contributed by atoms with van der Waals surface area (Å²) in [5.41, 5.74) is 1.10. The Morgan fingerprint density at radius 3 is 2.46 bits per heavy atom. The van der Waals surface area contributed by atoms with E-state index in [0.29, 0.717) is 23.8 Å². The number of amides is 1. The van der Waals surface area contributed by atoms with Crippen molar-refractivity contribution in [2.45, 2.75) is 23.8 Å². The number of carboxylic acid groups (broad SMARTS) is 1. The van der Waals surface area contributed by atoms with Crippen LogP contribution in [0.4, 0.5) is 23.1 Å². The van der Waals surface area contributed by atoms with Gasteiger partial charge >= 0.3 is 6.09 Å². The van der Waals surface area contributed by atoms with Gasteiger partial charge in [-0.05, 0) is 48.2 Å². The van der Waals surface area contributed by atoms with Crippen LogP contribution in [-0.2, 0) is 16.6 Å². The van der Waals surface area contributed by atoms with Crippen molar-refractivity contribution in [3.05, 3.63) is 89.5 Å². The summed E-state index contributed by atoms with van der Waals surface area (Å²) in [6.45, 7) is -0.433. The number of ether oxygens (including phenoxy) is 3. The van der Waals surface area contributed by atoms with E-state index in [9.17, 15) is 27.1 Å². The standard InChI is InChI=1S/C30H29F3N4O7S2/c1-42-23-8-5-19(25(13-23)43-2)15-37(29-34-17-35-45-29)46(40,41)27-12-22(32)11-26(28(27)33)44-16-20-14-36(30(38)39)10-9-24(20)18-3-6-21(31)7-4-18/h3-8,11-13,17,20,24H,9-10,14-16H2,1-2H3,(H,38,39)/t20?,24-/m1/s1. The highest BCUT2D eigenvalue weighted by molar-refractivity contribution is 7.93. The molecule has 4 aromatic rings. The molecule has 3 aromatic carbocycles. The average Bonchev–Trinajstić information content (AvgIpc) is 3.58. The van der Waals surface area contributed by atoms with E-state index in [1.165, 1.54) is 31.3 Å². The predicted molar refractivity (Wildman–Crippen MR) is 162 cm³/mol. The second kappa shape index (κ2) is 13.8. The van der Waals surface area contributed by atoms with Crippen LogP contribution in [0.1, 0.15) is 23.5 Å². The molecule has 0 saturated carbocycles. The molecule has 5 rings (SSSR count). The summed E-state index contributed by atoms with van der Waals surface area (Å²) in [7, 11) is -1.98. The topological polar surface area (TPSA) is 131 Å².